The molecule has 0 radical (unpaired) electrons. The van der Waals surface area contributed by atoms with Crippen molar-refractivity contribution in [2.75, 3.05) is 34.8 Å². The van der Waals surface area contributed by atoms with Crippen LogP contribution in [0.15, 0.2) is 6.07 Å². The maximum Gasteiger partial charge on any atom is 0.136 e. The lowest BCUT2D eigenvalue weighted by molar-refractivity contribution is 0.684. The molecule has 1 aromatic rings. The zero-order valence-corrected chi connectivity index (χ0v) is 12.5. The van der Waals surface area contributed by atoms with E-state index in [1.807, 2.05) is 11.8 Å². The molecule has 0 bridgehead atoms. The highest BCUT2D eigenvalue weighted by molar-refractivity contribution is 7.99. The molecule has 2 aliphatic rings. The first-order valence-corrected chi connectivity index (χ1v) is 8.40. The number of nitrogens with zero attached hydrogens (tertiary/aromatic N) is 3. The Balaban J connectivity index is 1.89. The van der Waals surface area contributed by atoms with Crippen LogP contribution in [0.3, 0.4) is 0 Å². The van der Waals surface area contributed by atoms with Crippen molar-refractivity contribution in [2.45, 2.75) is 38.6 Å². The molecule has 1 aromatic heterocycles. The van der Waals surface area contributed by atoms with Gasteiger partial charge in [0.1, 0.15) is 17.5 Å². The number of hydrogen-bond acceptors (Lipinski definition) is 5. The van der Waals surface area contributed by atoms with Crippen LogP contribution in [-0.2, 0) is 0 Å². The number of anilines is 2. The van der Waals surface area contributed by atoms with Gasteiger partial charge in [0.25, 0.3) is 0 Å². The predicted molar refractivity (Wildman–Crippen MR) is 82.3 cm³/mol. The van der Waals surface area contributed by atoms with Crippen molar-refractivity contribution in [2.24, 2.45) is 0 Å². The van der Waals surface area contributed by atoms with Crippen molar-refractivity contribution in [1.29, 1.82) is 0 Å². The normalized spacial score (nSPS) is 23.5. The third kappa shape index (κ3) is 2.96. The second kappa shape index (κ2) is 5.57. The topological polar surface area (TPSA) is 41.0 Å². The maximum absolute atomic E-state index is 4.82. The fraction of sp³-hybridized carbons (Fsp3) is 0.714. The van der Waals surface area contributed by atoms with Crippen LogP contribution in [0.4, 0.5) is 11.6 Å². The first kappa shape index (κ1) is 13.0. The van der Waals surface area contributed by atoms with E-state index in [0.29, 0.717) is 12.0 Å². The molecule has 104 valence electrons. The molecule has 0 amide bonds. The van der Waals surface area contributed by atoms with Gasteiger partial charge in [0.2, 0.25) is 0 Å². The third-order valence-corrected chi connectivity index (χ3v) is 4.88. The van der Waals surface area contributed by atoms with Gasteiger partial charge in [0.05, 0.1) is 0 Å². The molecule has 1 atom stereocenters. The number of nitrogens with one attached hydrogen (secondary N) is 1. The van der Waals surface area contributed by atoms with E-state index >= 15 is 0 Å². The predicted octanol–water partition coefficient (Wildman–Crippen LogP) is 2.73. The fourth-order valence-electron chi connectivity index (χ4n) is 2.46. The van der Waals surface area contributed by atoms with Gasteiger partial charge in [0.15, 0.2) is 0 Å². The Bertz CT molecular complexity index is 447. The molecule has 2 fully saturated rings. The van der Waals surface area contributed by atoms with E-state index in [0.717, 1.165) is 30.5 Å². The lowest BCUT2D eigenvalue weighted by atomic mass is 10.3. The largest absolute Gasteiger partial charge is 0.370 e. The van der Waals surface area contributed by atoms with Crippen LogP contribution in [0.5, 0.6) is 0 Å². The second-order valence-corrected chi connectivity index (χ2v) is 6.54. The Morgan fingerprint density at radius 3 is 2.95 bits per heavy atom. The van der Waals surface area contributed by atoms with Crippen LogP contribution < -0.4 is 10.2 Å². The summed E-state index contributed by atoms with van der Waals surface area (Å²) in [5, 5.41) is 3.34. The molecule has 0 aromatic carbocycles. The standard InChI is InChI=1S/C14H22N4S/c1-3-15-12-8-13(17-14(16-12)11-4-5-11)18-6-7-19-9-10(18)2/h8,10-11H,3-7,9H2,1-2H3,(H,15,16,17). The summed E-state index contributed by atoms with van der Waals surface area (Å²) in [6.45, 7) is 6.40. The Labute approximate surface area is 119 Å². The molecular formula is C14H22N4S. The number of rotatable bonds is 4. The number of hydrogen-bond donors (Lipinski definition) is 1. The van der Waals surface area contributed by atoms with E-state index in [1.54, 1.807) is 0 Å². The lowest BCUT2D eigenvalue weighted by Gasteiger charge is -2.34. The van der Waals surface area contributed by atoms with Gasteiger partial charge in [-0.15, -0.1) is 0 Å². The highest BCUT2D eigenvalue weighted by atomic mass is 32.2. The van der Waals surface area contributed by atoms with Crippen LogP contribution in [0.2, 0.25) is 0 Å². The summed E-state index contributed by atoms with van der Waals surface area (Å²) in [7, 11) is 0. The Morgan fingerprint density at radius 2 is 2.26 bits per heavy atom. The summed E-state index contributed by atoms with van der Waals surface area (Å²) >= 11 is 2.04. The molecule has 3 rings (SSSR count). The van der Waals surface area contributed by atoms with Crippen molar-refractivity contribution in [3.8, 4) is 0 Å². The van der Waals surface area contributed by atoms with Crippen LogP contribution in [0, 0.1) is 0 Å². The van der Waals surface area contributed by atoms with E-state index in [9.17, 15) is 0 Å². The average Bonchev–Trinajstić information content (AvgIpc) is 3.23. The van der Waals surface area contributed by atoms with Gasteiger partial charge in [-0.2, -0.15) is 11.8 Å². The van der Waals surface area contributed by atoms with E-state index in [4.69, 9.17) is 4.98 Å². The second-order valence-electron chi connectivity index (χ2n) is 5.39. The molecule has 19 heavy (non-hydrogen) atoms. The molecule has 5 heteroatoms. The zero-order valence-electron chi connectivity index (χ0n) is 11.7. The molecule has 2 heterocycles. The van der Waals surface area contributed by atoms with Crippen molar-refractivity contribution in [1.82, 2.24) is 9.97 Å². The third-order valence-electron chi connectivity index (χ3n) is 3.69. The molecule has 1 aliphatic heterocycles. The fourth-order valence-corrected chi connectivity index (χ4v) is 3.48. The molecule has 4 nitrogen and oxygen atoms in total. The first-order valence-electron chi connectivity index (χ1n) is 7.25. The van der Waals surface area contributed by atoms with Crippen molar-refractivity contribution >= 4 is 23.4 Å². The monoisotopic (exact) mass is 278 g/mol. The lowest BCUT2D eigenvalue weighted by Crippen LogP contribution is -2.41. The van der Waals surface area contributed by atoms with E-state index in [-0.39, 0.29) is 0 Å². The van der Waals surface area contributed by atoms with Crippen molar-refractivity contribution in [3.63, 3.8) is 0 Å². The minimum absolute atomic E-state index is 0.565. The highest BCUT2D eigenvalue weighted by Crippen LogP contribution is 2.39. The SMILES string of the molecule is CCNc1cc(N2CCSCC2C)nc(C2CC2)n1. The van der Waals surface area contributed by atoms with E-state index in [1.165, 1.54) is 24.3 Å². The number of thioether (sulfide) groups is 1. The Kier molecular flexibility index (Phi) is 3.82. The van der Waals surface area contributed by atoms with E-state index in [2.05, 4.69) is 35.1 Å². The zero-order chi connectivity index (χ0) is 13.2. The van der Waals surface area contributed by atoms with Crippen molar-refractivity contribution in [3.05, 3.63) is 11.9 Å². The Hall–Kier alpha value is -0.970. The average molecular weight is 278 g/mol. The summed E-state index contributed by atoms with van der Waals surface area (Å²) in [5.74, 6) is 6.13. The minimum atomic E-state index is 0.565. The molecule has 1 saturated heterocycles. The van der Waals surface area contributed by atoms with Crippen molar-refractivity contribution < 1.29 is 0 Å². The maximum atomic E-state index is 4.82. The molecular weight excluding hydrogens is 256 g/mol. The van der Waals surface area contributed by atoms with Crippen LogP contribution in [-0.4, -0.2) is 40.6 Å². The van der Waals surface area contributed by atoms with E-state index < -0.39 is 0 Å². The summed E-state index contributed by atoms with van der Waals surface area (Å²) < 4.78 is 0. The molecule has 1 saturated carbocycles. The van der Waals surface area contributed by atoms with Crippen LogP contribution >= 0.6 is 11.8 Å². The quantitative estimate of drug-likeness (QED) is 0.917. The summed E-state index contributed by atoms with van der Waals surface area (Å²) in [6, 6.07) is 2.68. The summed E-state index contributed by atoms with van der Waals surface area (Å²) in [5.41, 5.74) is 0. The van der Waals surface area contributed by atoms with Gasteiger partial charge in [-0.1, -0.05) is 0 Å². The number of aromatic nitrogens is 2. The molecule has 1 unspecified atom stereocenters. The smallest absolute Gasteiger partial charge is 0.136 e. The van der Waals surface area contributed by atoms with Gasteiger partial charge in [0, 0.05) is 42.6 Å². The van der Waals surface area contributed by atoms with Crippen LogP contribution in [0.25, 0.3) is 0 Å². The Morgan fingerprint density at radius 1 is 1.42 bits per heavy atom. The van der Waals surface area contributed by atoms with Gasteiger partial charge in [-0.05, 0) is 26.7 Å². The molecule has 0 spiro atoms. The molecule has 1 N–H and O–H groups in total. The summed E-state index contributed by atoms with van der Waals surface area (Å²) in [4.78, 5) is 11.9. The minimum Gasteiger partial charge on any atom is -0.370 e. The van der Waals surface area contributed by atoms with Gasteiger partial charge in [-0.3, -0.25) is 0 Å². The van der Waals surface area contributed by atoms with Gasteiger partial charge >= 0.3 is 0 Å². The first-order chi connectivity index (χ1) is 9.28. The summed E-state index contributed by atoms with van der Waals surface area (Å²) in [6.07, 6.45) is 2.50. The molecule has 1 aliphatic carbocycles. The highest BCUT2D eigenvalue weighted by Gasteiger charge is 2.29. The van der Waals surface area contributed by atoms with Gasteiger partial charge < -0.3 is 10.2 Å². The van der Waals surface area contributed by atoms with Crippen LogP contribution in [0.1, 0.15) is 38.4 Å². The van der Waals surface area contributed by atoms with Gasteiger partial charge in [-0.25, -0.2) is 9.97 Å².